The highest BCUT2D eigenvalue weighted by molar-refractivity contribution is 6.02. The molecule has 0 radical (unpaired) electrons. The number of aryl methyl sites for hydroxylation is 2. The van der Waals surface area contributed by atoms with Gasteiger partial charge in [0.2, 0.25) is 5.88 Å². The fraction of sp³-hybridized carbons (Fsp3) is 0.500. The number of aliphatic hydroxyl groups excluding tert-OH is 1. The van der Waals surface area contributed by atoms with Crippen molar-refractivity contribution in [2.24, 2.45) is 0 Å². The maximum absolute atomic E-state index is 16.6. The number of nitrogens with zero attached hydrogens (tertiary/aromatic N) is 4. The molecule has 0 aliphatic carbocycles. The van der Waals surface area contributed by atoms with Crippen LogP contribution in [-0.2, 0) is 6.18 Å². The summed E-state index contributed by atoms with van der Waals surface area (Å²) >= 11 is 0. The van der Waals surface area contributed by atoms with Crippen molar-refractivity contribution in [2.75, 3.05) is 17.2 Å². The summed E-state index contributed by atoms with van der Waals surface area (Å²) in [4.78, 5) is 15.0. The summed E-state index contributed by atoms with van der Waals surface area (Å²) in [7, 11) is 0. The van der Waals surface area contributed by atoms with E-state index < -0.39 is 46.7 Å². The second-order valence-corrected chi connectivity index (χ2v) is 10.5. The molecular formula is C26H28F4N6O2. The number of pyridine rings is 3. The number of nitrogens with one attached hydrogen (secondary N) is 1. The van der Waals surface area contributed by atoms with Gasteiger partial charge >= 0.3 is 6.18 Å². The van der Waals surface area contributed by atoms with Crippen LogP contribution in [0.1, 0.15) is 55.3 Å². The molecule has 6 rings (SSSR count). The molecule has 0 aromatic carbocycles. The number of alkyl halides is 3. The lowest BCUT2D eigenvalue weighted by Gasteiger charge is -2.43. The van der Waals surface area contributed by atoms with Gasteiger partial charge in [-0.25, -0.2) is 19.3 Å². The Morgan fingerprint density at radius 2 is 1.89 bits per heavy atom. The third-order valence-electron chi connectivity index (χ3n) is 7.95. The number of nitrogen functional groups attached to an aromatic ring is 1. The highest BCUT2D eigenvalue weighted by atomic mass is 19.4. The van der Waals surface area contributed by atoms with Crippen LogP contribution in [0.2, 0.25) is 0 Å². The fourth-order valence-electron chi connectivity index (χ4n) is 6.58. The molecule has 6 heterocycles. The molecule has 5 atom stereocenters. The number of piperazine rings is 1. The molecule has 2 saturated heterocycles. The van der Waals surface area contributed by atoms with E-state index >= 15 is 4.39 Å². The van der Waals surface area contributed by atoms with Crippen LogP contribution in [0.15, 0.2) is 6.07 Å². The Bertz CT molecular complexity index is 1480. The second kappa shape index (κ2) is 8.37. The molecule has 3 aliphatic rings. The van der Waals surface area contributed by atoms with Crippen LogP contribution in [0, 0.1) is 19.7 Å². The van der Waals surface area contributed by atoms with Gasteiger partial charge in [0.15, 0.2) is 5.82 Å². The van der Waals surface area contributed by atoms with Gasteiger partial charge < -0.3 is 25.8 Å². The number of aliphatic hydroxyl groups is 1. The third kappa shape index (κ3) is 3.60. The Morgan fingerprint density at radius 1 is 1.16 bits per heavy atom. The first kappa shape index (κ1) is 25.1. The Labute approximate surface area is 216 Å². The van der Waals surface area contributed by atoms with Crippen molar-refractivity contribution in [1.82, 2.24) is 20.3 Å². The molecule has 2 fully saturated rings. The van der Waals surface area contributed by atoms with E-state index in [1.165, 1.54) is 13.8 Å². The molecule has 8 nitrogen and oxygen atoms in total. The van der Waals surface area contributed by atoms with Crippen molar-refractivity contribution in [2.45, 2.75) is 77.0 Å². The van der Waals surface area contributed by atoms with Gasteiger partial charge in [-0.2, -0.15) is 13.2 Å². The van der Waals surface area contributed by atoms with Crippen molar-refractivity contribution < 1.29 is 27.4 Å². The number of fused-ring (bicyclic) bond motifs is 5. The number of rotatable bonds is 2. The first-order chi connectivity index (χ1) is 17.9. The van der Waals surface area contributed by atoms with E-state index in [4.69, 9.17) is 15.5 Å². The molecule has 38 heavy (non-hydrogen) atoms. The van der Waals surface area contributed by atoms with E-state index in [1.54, 1.807) is 6.92 Å². The molecule has 3 aromatic heterocycles. The Morgan fingerprint density at radius 3 is 2.58 bits per heavy atom. The zero-order chi connectivity index (χ0) is 27.3. The Hall–Kier alpha value is -3.25. The van der Waals surface area contributed by atoms with Gasteiger partial charge in [0.05, 0.1) is 28.8 Å². The quantitative estimate of drug-likeness (QED) is 0.422. The maximum Gasteiger partial charge on any atom is 0.418 e. The molecule has 2 bridgehead atoms. The number of ether oxygens (including phenoxy) is 1. The summed E-state index contributed by atoms with van der Waals surface area (Å²) < 4.78 is 65.5. The summed E-state index contributed by atoms with van der Waals surface area (Å²) in [5.74, 6) is -0.771. The molecule has 3 aliphatic heterocycles. The van der Waals surface area contributed by atoms with E-state index in [0.717, 1.165) is 18.9 Å². The first-order valence-corrected chi connectivity index (χ1v) is 12.6. The van der Waals surface area contributed by atoms with E-state index in [-0.39, 0.29) is 46.2 Å². The maximum atomic E-state index is 16.6. The average Bonchev–Trinajstić information content (AvgIpc) is 3.13. The van der Waals surface area contributed by atoms with E-state index in [9.17, 15) is 18.3 Å². The zero-order valence-corrected chi connectivity index (χ0v) is 21.3. The Kier molecular flexibility index (Phi) is 5.52. The minimum atomic E-state index is -4.84. The summed E-state index contributed by atoms with van der Waals surface area (Å²) in [5, 5.41) is 14.5. The molecule has 4 N–H and O–H groups in total. The van der Waals surface area contributed by atoms with Crippen molar-refractivity contribution in [3.63, 3.8) is 0 Å². The van der Waals surface area contributed by atoms with Gasteiger partial charge in [-0.05, 0) is 46.6 Å². The van der Waals surface area contributed by atoms with Crippen LogP contribution in [0.4, 0.5) is 29.2 Å². The minimum absolute atomic E-state index is 0.0280. The standard InChI is InChI=1S/C26H28F4N6O2/c1-9-17(11(3)37)18-19-24(33-9)36-8-13-5-6-15(34-13)23(36)12(4)38-25(19)35-22(21(18)27)14-7-16(31)32-10(2)20(14)26(28,29)30/h7,11-13,15,23,34,37H,5-6,8H2,1-4H3,(H2,31,32)/t11-,12+,13-,15+,23-/m1/s1. The molecular weight excluding hydrogens is 504 g/mol. The SMILES string of the molecule is Cc1nc(N)cc(-c2nc3c4c(nc(C)c([C@@H](C)O)c4c2F)N2C[C@H]4CC[C@H](N4)[C@H]2[C@H](C)O3)c1C(F)(F)F. The fourth-order valence-corrected chi connectivity index (χ4v) is 6.58. The number of nitrogens with two attached hydrogens (primary N) is 1. The van der Waals surface area contributed by atoms with Gasteiger partial charge in [-0.15, -0.1) is 0 Å². The van der Waals surface area contributed by atoms with Gasteiger partial charge in [0, 0.05) is 40.8 Å². The van der Waals surface area contributed by atoms with Gasteiger partial charge in [0.25, 0.3) is 0 Å². The second-order valence-electron chi connectivity index (χ2n) is 10.5. The van der Waals surface area contributed by atoms with Crippen LogP contribution < -0.4 is 20.7 Å². The van der Waals surface area contributed by atoms with Crippen molar-refractivity contribution >= 4 is 22.4 Å². The number of halogens is 4. The topological polar surface area (TPSA) is 109 Å². The van der Waals surface area contributed by atoms with Crippen molar-refractivity contribution in [3.05, 3.63) is 34.4 Å². The highest BCUT2D eigenvalue weighted by Crippen LogP contribution is 2.48. The van der Waals surface area contributed by atoms with Crippen LogP contribution >= 0.6 is 0 Å². The monoisotopic (exact) mass is 532 g/mol. The molecule has 0 amide bonds. The van der Waals surface area contributed by atoms with Gasteiger partial charge in [-0.1, -0.05) is 0 Å². The number of hydrogen-bond donors (Lipinski definition) is 3. The summed E-state index contributed by atoms with van der Waals surface area (Å²) in [6.45, 7) is 6.79. The molecule has 12 heteroatoms. The molecule has 0 unspecified atom stereocenters. The van der Waals surface area contributed by atoms with Crippen molar-refractivity contribution in [3.8, 4) is 17.1 Å². The predicted octanol–water partition coefficient (Wildman–Crippen LogP) is 4.19. The summed E-state index contributed by atoms with van der Waals surface area (Å²) in [6, 6.07) is 1.16. The zero-order valence-electron chi connectivity index (χ0n) is 21.3. The first-order valence-electron chi connectivity index (χ1n) is 12.6. The normalized spacial score (nSPS) is 25.2. The molecule has 0 spiro atoms. The number of anilines is 2. The van der Waals surface area contributed by atoms with Gasteiger partial charge in [-0.3, -0.25) is 0 Å². The predicted molar refractivity (Wildman–Crippen MR) is 133 cm³/mol. The largest absolute Gasteiger partial charge is 0.472 e. The van der Waals surface area contributed by atoms with E-state index in [1.807, 2.05) is 6.92 Å². The molecule has 3 aromatic rings. The summed E-state index contributed by atoms with van der Waals surface area (Å²) in [6.07, 6.45) is -4.52. The lowest BCUT2D eigenvalue weighted by Crippen LogP contribution is -2.62. The number of aromatic nitrogens is 3. The number of hydrogen-bond acceptors (Lipinski definition) is 8. The average molecular weight is 533 g/mol. The molecule has 202 valence electrons. The van der Waals surface area contributed by atoms with Crippen molar-refractivity contribution in [1.29, 1.82) is 0 Å². The lowest BCUT2D eigenvalue weighted by molar-refractivity contribution is -0.137. The van der Waals surface area contributed by atoms with Crippen LogP contribution in [-0.4, -0.2) is 50.8 Å². The highest BCUT2D eigenvalue weighted by Gasteiger charge is 2.47. The van der Waals surface area contributed by atoms with Gasteiger partial charge in [0.1, 0.15) is 23.4 Å². The van der Waals surface area contributed by atoms with Crippen LogP contribution in [0.5, 0.6) is 5.88 Å². The minimum Gasteiger partial charge on any atom is -0.472 e. The smallest absolute Gasteiger partial charge is 0.418 e. The van der Waals surface area contributed by atoms with E-state index in [2.05, 4.69) is 20.2 Å². The van der Waals surface area contributed by atoms with E-state index in [0.29, 0.717) is 18.1 Å². The summed E-state index contributed by atoms with van der Waals surface area (Å²) in [5.41, 5.74) is 3.74. The Balaban J connectivity index is 1.72. The van der Waals surface area contributed by atoms with Crippen LogP contribution in [0.25, 0.3) is 22.0 Å². The lowest BCUT2D eigenvalue weighted by atomic mass is 9.95. The van der Waals surface area contributed by atoms with Crippen LogP contribution in [0.3, 0.4) is 0 Å². The third-order valence-corrected chi connectivity index (χ3v) is 7.95. The molecule has 0 saturated carbocycles.